The number of nitrogens with one attached hydrogen (secondary N) is 1. The summed E-state index contributed by atoms with van der Waals surface area (Å²) in [7, 11) is 0. The van der Waals surface area contributed by atoms with Crippen LogP contribution in [-0.4, -0.2) is 27.0 Å². The first kappa shape index (κ1) is 16.9. The lowest BCUT2D eigenvalue weighted by Crippen LogP contribution is -2.27. The number of carbonyl (C=O) groups is 1. The fraction of sp³-hybridized carbons (Fsp3) is 0.211. The van der Waals surface area contributed by atoms with Crippen LogP contribution in [0, 0.1) is 13.8 Å². The predicted molar refractivity (Wildman–Crippen MR) is 107 cm³/mol. The summed E-state index contributed by atoms with van der Waals surface area (Å²) < 4.78 is 2.13. The lowest BCUT2D eigenvalue weighted by molar-refractivity contribution is 0.0955. The fourth-order valence-corrected chi connectivity index (χ4v) is 4.65. The molecule has 0 saturated heterocycles. The molecule has 0 aliphatic heterocycles. The van der Waals surface area contributed by atoms with Gasteiger partial charge in [0.05, 0.1) is 16.7 Å². The SMILES string of the molecule is Cc1nc(-c2ccsc2)sc1C(=O)NCCn1c(C)nc2ccccc21. The van der Waals surface area contributed by atoms with E-state index in [1.807, 2.05) is 48.9 Å². The van der Waals surface area contributed by atoms with Gasteiger partial charge in [0.1, 0.15) is 15.7 Å². The Balaban J connectivity index is 1.45. The molecule has 26 heavy (non-hydrogen) atoms. The van der Waals surface area contributed by atoms with E-state index in [1.54, 1.807) is 11.3 Å². The quantitative estimate of drug-likeness (QED) is 0.561. The molecule has 1 aromatic carbocycles. The molecule has 132 valence electrons. The van der Waals surface area contributed by atoms with Crippen LogP contribution >= 0.6 is 22.7 Å². The molecule has 0 spiro atoms. The number of hydrogen-bond acceptors (Lipinski definition) is 5. The number of rotatable bonds is 5. The van der Waals surface area contributed by atoms with Crippen LogP contribution in [-0.2, 0) is 6.54 Å². The second-order valence-corrected chi connectivity index (χ2v) is 7.78. The Morgan fingerprint density at radius 1 is 1.19 bits per heavy atom. The lowest BCUT2D eigenvalue weighted by Gasteiger charge is -2.08. The number of carbonyl (C=O) groups excluding carboxylic acids is 1. The Morgan fingerprint density at radius 2 is 2.04 bits per heavy atom. The molecule has 0 bridgehead atoms. The van der Waals surface area contributed by atoms with Gasteiger partial charge in [0.15, 0.2) is 0 Å². The highest BCUT2D eigenvalue weighted by Gasteiger charge is 2.16. The van der Waals surface area contributed by atoms with Gasteiger partial charge in [-0.3, -0.25) is 4.79 Å². The lowest BCUT2D eigenvalue weighted by atomic mass is 10.3. The molecule has 3 aromatic heterocycles. The maximum atomic E-state index is 12.6. The Morgan fingerprint density at radius 3 is 2.85 bits per heavy atom. The highest BCUT2D eigenvalue weighted by molar-refractivity contribution is 7.17. The number of thiazole rings is 1. The average Bonchev–Trinajstić information content (AvgIpc) is 3.34. The van der Waals surface area contributed by atoms with Crippen molar-refractivity contribution in [2.45, 2.75) is 20.4 Å². The van der Waals surface area contributed by atoms with Crippen LogP contribution in [0.15, 0.2) is 41.1 Å². The zero-order valence-corrected chi connectivity index (χ0v) is 16.2. The van der Waals surface area contributed by atoms with Gasteiger partial charge >= 0.3 is 0 Å². The molecule has 0 fully saturated rings. The molecule has 0 aliphatic rings. The van der Waals surface area contributed by atoms with Crippen LogP contribution < -0.4 is 5.32 Å². The molecule has 7 heteroatoms. The number of amides is 1. The van der Waals surface area contributed by atoms with Crippen molar-refractivity contribution >= 4 is 39.6 Å². The third kappa shape index (κ3) is 3.15. The Hall–Kier alpha value is -2.51. The van der Waals surface area contributed by atoms with Gasteiger partial charge in [-0.2, -0.15) is 11.3 Å². The second-order valence-electron chi connectivity index (χ2n) is 6.00. The van der Waals surface area contributed by atoms with E-state index in [-0.39, 0.29) is 5.91 Å². The van der Waals surface area contributed by atoms with Crippen molar-refractivity contribution in [3.05, 3.63) is 57.5 Å². The number of aromatic nitrogens is 3. The first-order valence-electron chi connectivity index (χ1n) is 8.33. The normalized spacial score (nSPS) is 11.2. The summed E-state index contributed by atoms with van der Waals surface area (Å²) in [5.41, 5.74) is 3.92. The minimum absolute atomic E-state index is 0.0662. The summed E-state index contributed by atoms with van der Waals surface area (Å²) >= 11 is 3.07. The van der Waals surface area contributed by atoms with Crippen LogP contribution in [0.5, 0.6) is 0 Å². The number of hydrogen-bond donors (Lipinski definition) is 1. The van der Waals surface area contributed by atoms with Crippen LogP contribution in [0.1, 0.15) is 21.2 Å². The molecule has 5 nitrogen and oxygen atoms in total. The van der Waals surface area contributed by atoms with E-state index in [0.717, 1.165) is 33.1 Å². The van der Waals surface area contributed by atoms with Crippen molar-refractivity contribution in [2.75, 3.05) is 6.54 Å². The largest absolute Gasteiger partial charge is 0.349 e. The maximum absolute atomic E-state index is 12.6. The molecule has 0 aliphatic carbocycles. The monoisotopic (exact) mass is 382 g/mol. The smallest absolute Gasteiger partial charge is 0.263 e. The minimum atomic E-state index is -0.0662. The summed E-state index contributed by atoms with van der Waals surface area (Å²) in [6, 6.07) is 10.1. The van der Waals surface area contributed by atoms with E-state index in [2.05, 4.69) is 25.9 Å². The molecule has 3 heterocycles. The highest BCUT2D eigenvalue weighted by atomic mass is 32.1. The third-order valence-corrected chi connectivity index (χ3v) is 6.13. The molecule has 0 saturated carbocycles. The van der Waals surface area contributed by atoms with E-state index in [1.165, 1.54) is 11.3 Å². The molecule has 4 aromatic rings. The molecule has 0 unspecified atom stereocenters. The molecule has 0 radical (unpaired) electrons. The molecule has 1 amide bonds. The molecular weight excluding hydrogens is 364 g/mol. The Kier molecular flexibility index (Phi) is 4.57. The van der Waals surface area contributed by atoms with E-state index < -0.39 is 0 Å². The van der Waals surface area contributed by atoms with Crippen LogP contribution in [0.25, 0.3) is 21.6 Å². The van der Waals surface area contributed by atoms with Crippen molar-refractivity contribution in [2.24, 2.45) is 0 Å². The summed E-state index contributed by atoms with van der Waals surface area (Å²) in [5, 5.41) is 7.97. The number of thiophene rings is 1. The van der Waals surface area contributed by atoms with Gasteiger partial charge in [0, 0.05) is 24.0 Å². The predicted octanol–water partition coefficient (Wildman–Crippen LogP) is 4.27. The van der Waals surface area contributed by atoms with Crippen molar-refractivity contribution in [1.29, 1.82) is 0 Å². The summed E-state index contributed by atoms with van der Waals surface area (Å²) in [4.78, 5) is 22.3. The first-order chi connectivity index (χ1) is 12.6. The van der Waals surface area contributed by atoms with Crippen molar-refractivity contribution in [3.63, 3.8) is 0 Å². The zero-order chi connectivity index (χ0) is 18.1. The third-order valence-electron chi connectivity index (χ3n) is 4.24. The van der Waals surface area contributed by atoms with Crippen LogP contribution in [0.4, 0.5) is 0 Å². The van der Waals surface area contributed by atoms with Gasteiger partial charge in [-0.05, 0) is 37.4 Å². The Bertz CT molecular complexity index is 1060. The number of benzene rings is 1. The number of nitrogens with zero attached hydrogens (tertiary/aromatic N) is 3. The average molecular weight is 383 g/mol. The number of aryl methyl sites for hydroxylation is 2. The summed E-state index contributed by atoms with van der Waals surface area (Å²) in [5.74, 6) is 0.887. The minimum Gasteiger partial charge on any atom is -0.349 e. The topological polar surface area (TPSA) is 59.8 Å². The van der Waals surface area contributed by atoms with E-state index in [4.69, 9.17) is 0 Å². The summed E-state index contributed by atoms with van der Waals surface area (Å²) in [6.07, 6.45) is 0. The standard InChI is InChI=1S/C19H18N4OS2/c1-12-17(26-19(21-12)14-7-10-25-11-14)18(24)20-8-9-23-13(2)22-15-5-3-4-6-16(15)23/h3-7,10-11H,8-9H2,1-2H3,(H,20,24). The highest BCUT2D eigenvalue weighted by Crippen LogP contribution is 2.29. The van der Waals surface area contributed by atoms with Gasteiger partial charge < -0.3 is 9.88 Å². The van der Waals surface area contributed by atoms with Gasteiger partial charge in [-0.15, -0.1) is 11.3 Å². The zero-order valence-electron chi connectivity index (χ0n) is 14.5. The molecule has 4 rings (SSSR count). The van der Waals surface area contributed by atoms with Crippen molar-refractivity contribution < 1.29 is 4.79 Å². The Labute approximate surface area is 159 Å². The van der Waals surface area contributed by atoms with Gasteiger partial charge in [0.2, 0.25) is 0 Å². The van der Waals surface area contributed by atoms with Crippen molar-refractivity contribution in [3.8, 4) is 10.6 Å². The van der Waals surface area contributed by atoms with Crippen LogP contribution in [0.2, 0.25) is 0 Å². The van der Waals surface area contributed by atoms with Gasteiger partial charge in [-0.25, -0.2) is 9.97 Å². The van der Waals surface area contributed by atoms with Crippen LogP contribution in [0.3, 0.4) is 0 Å². The molecular formula is C19H18N4OS2. The number of fused-ring (bicyclic) bond motifs is 1. The van der Waals surface area contributed by atoms with E-state index >= 15 is 0 Å². The van der Waals surface area contributed by atoms with Gasteiger partial charge in [0.25, 0.3) is 5.91 Å². The molecule has 0 atom stereocenters. The second kappa shape index (κ2) is 7.01. The van der Waals surface area contributed by atoms with Gasteiger partial charge in [-0.1, -0.05) is 12.1 Å². The fourth-order valence-electron chi connectivity index (χ4n) is 2.96. The summed E-state index contributed by atoms with van der Waals surface area (Å²) in [6.45, 7) is 5.11. The number of imidazole rings is 1. The number of para-hydroxylation sites is 2. The van der Waals surface area contributed by atoms with E-state index in [9.17, 15) is 4.79 Å². The van der Waals surface area contributed by atoms with E-state index in [0.29, 0.717) is 18.0 Å². The molecule has 1 N–H and O–H groups in total. The maximum Gasteiger partial charge on any atom is 0.263 e. The first-order valence-corrected chi connectivity index (χ1v) is 10.1. The van der Waals surface area contributed by atoms with Crippen molar-refractivity contribution in [1.82, 2.24) is 19.9 Å².